The van der Waals surface area contributed by atoms with Crippen LogP contribution in [0, 0.1) is 13.8 Å². The molecule has 0 aliphatic heterocycles. The topological polar surface area (TPSA) is 38.0 Å². The molecular weight excluding hydrogens is 300 g/mol. The highest BCUT2D eigenvalue weighted by Crippen LogP contribution is 2.22. The molecule has 2 aromatic rings. The number of benzene rings is 2. The summed E-state index contributed by atoms with van der Waals surface area (Å²) in [5.41, 5.74) is 11.8. The first-order chi connectivity index (χ1) is 9.06. The van der Waals surface area contributed by atoms with Crippen LogP contribution in [0.1, 0.15) is 16.7 Å². The zero-order valence-corrected chi connectivity index (χ0v) is 12.9. The minimum atomic E-state index is 0.773. The lowest BCUT2D eigenvalue weighted by atomic mass is 10.0. The molecule has 0 unspecified atom stereocenters. The summed E-state index contributed by atoms with van der Waals surface area (Å²) >= 11 is 3.41. The number of halogens is 1. The van der Waals surface area contributed by atoms with Crippen molar-refractivity contribution < 1.29 is 0 Å². The lowest BCUT2D eigenvalue weighted by Gasteiger charge is -2.10. The molecule has 0 atom stereocenters. The van der Waals surface area contributed by atoms with Gasteiger partial charge in [-0.15, -0.1) is 0 Å². The van der Waals surface area contributed by atoms with Gasteiger partial charge < -0.3 is 11.1 Å². The Balaban J connectivity index is 1.94. The summed E-state index contributed by atoms with van der Waals surface area (Å²) in [6, 6.07) is 12.5. The molecule has 0 spiro atoms. The SMILES string of the molecule is Cc1ccc(CCNc2ccc(Br)cc2N)cc1C. The molecule has 0 aromatic heterocycles. The smallest absolute Gasteiger partial charge is 0.0574 e. The largest absolute Gasteiger partial charge is 0.397 e. The van der Waals surface area contributed by atoms with Crippen LogP contribution in [-0.2, 0) is 6.42 Å². The molecular formula is C16H19BrN2. The fourth-order valence-electron chi connectivity index (χ4n) is 2.00. The lowest BCUT2D eigenvalue weighted by molar-refractivity contribution is 1.01. The van der Waals surface area contributed by atoms with Crippen molar-refractivity contribution in [1.29, 1.82) is 0 Å². The zero-order chi connectivity index (χ0) is 13.8. The van der Waals surface area contributed by atoms with Crippen molar-refractivity contribution >= 4 is 27.3 Å². The van der Waals surface area contributed by atoms with Gasteiger partial charge in [-0.05, 0) is 55.2 Å². The van der Waals surface area contributed by atoms with Gasteiger partial charge in [0.1, 0.15) is 0 Å². The van der Waals surface area contributed by atoms with Crippen molar-refractivity contribution in [1.82, 2.24) is 0 Å². The number of rotatable bonds is 4. The summed E-state index contributed by atoms with van der Waals surface area (Å²) in [7, 11) is 0. The van der Waals surface area contributed by atoms with E-state index in [2.05, 4.69) is 53.3 Å². The molecule has 2 aromatic carbocycles. The van der Waals surface area contributed by atoms with Crippen molar-refractivity contribution in [3.63, 3.8) is 0 Å². The summed E-state index contributed by atoms with van der Waals surface area (Å²) < 4.78 is 1.00. The van der Waals surface area contributed by atoms with E-state index in [4.69, 9.17) is 5.73 Å². The molecule has 19 heavy (non-hydrogen) atoms. The fraction of sp³-hybridized carbons (Fsp3) is 0.250. The number of hydrogen-bond donors (Lipinski definition) is 2. The first-order valence-corrected chi connectivity index (χ1v) is 7.20. The van der Waals surface area contributed by atoms with Crippen LogP contribution in [0.4, 0.5) is 11.4 Å². The molecule has 0 fully saturated rings. The minimum absolute atomic E-state index is 0.773. The Labute approximate surface area is 123 Å². The normalized spacial score (nSPS) is 10.5. The van der Waals surface area contributed by atoms with Gasteiger partial charge >= 0.3 is 0 Å². The monoisotopic (exact) mass is 318 g/mol. The van der Waals surface area contributed by atoms with Crippen LogP contribution in [0.25, 0.3) is 0 Å². The number of hydrogen-bond acceptors (Lipinski definition) is 2. The Bertz CT molecular complexity index is 579. The number of aryl methyl sites for hydroxylation is 2. The van der Waals surface area contributed by atoms with Crippen LogP contribution >= 0.6 is 15.9 Å². The van der Waals surface area contributed by atoms with E-state index in [1.165, 1.54) is 16.7 Å². The number of nitrogen functional groups attached to an aromatic ring is 1. The Morgan fingerprint density at radius 1 is 1.05 bits per heavy atom. The third kappa shape index (κ3) is 3.74. The molecule has 0 saturated carbocycles. The van der Waals surface area contributed by atoms with Crippen molar-refractivity contribution in [2.75, 3.05) is 17.6 Å². The molecule has 3 N–H and O–H groups in total. The first-order valence-electron chi connectivity index (χ1n) is 6.41. The molecule has 0 bridgehead atoms. The standard InChI is InChI=1S/C16H19BrN2/c1-11-3-4-13(9-12(11)2)7-8-19-16-6-5-14(17)10-15(16)18/h3-6,9-10,19H,7-8,18H2,1-2H3. The Hall–Kier alpha value is -1.48. The molecule has 2 nitrogen and oxygen atoms in total. The highest BCUT2D eigenvalue weighted by Gasteiger charge is 2.00. The second-order valence-electron chi connectivity index (χ2n) is 4.83. The van der Waals surface area contributed by atoms with E-state index in [0.717, 1.165) is 28.8 Å². The molecule has 0 saturated heterocycles. The van der Waals surface area contributed by atoms with Gasteiger partial charge in [-0.3, -0.25) is 0 Å². The second-order valence-corrected chi connectivity index (χ2v) is 5.74. The van der Waals surface area contributed by atoms with E-state index < -0.39 is 0 Å². The summed E-state index contributed by atoms with van der Waals surface area (Å²) in [5, 5.41) is 3.38. The van der Waals surface area contributed by atoms with Gasteiger partial charge in [-0.1, -0.05) is 34.1 Å². The maximum Gasteiger partial charge on any atom is 0.0574 e. The molecule has 0 aliphatic rings. The maximum atomic E-state index is 5.95. The molecule has 0 radical (unpaired) electrons. The van der Waals surface area contributed by atoms with Gasteiger partial charge in [0.2, 0.25) is 0 Å². The van der Waals surface area contributed by atoms with Gasteiger partial charge in [0.05, 0.1) is 11.4 Å². The fourth-order valence-corrected chi connectivity index (χ4v) is 2.37. The summed E-state index contributed by atoms with van der Waals surface area (Å²) in [6.45, 7) is 5.17. The summed E-state index contributed by atoms with van der Waals surface area (Å²) in [6.07, 6.45) is 0.997. The number of nitrogens with one attached hydrogen (secondary N) is 1. The van der Waals surface area contributed by atoms with Gasteiger partial charge in [-0.2, -0.15) is 0 Å². The van der Waals surface area contributed by atoms with E-state index in [9.17, 15) is 0 Å². The van der Waals surface area contributed by atoms with E-state index in [1.807, 2.05) is 18.2 Å². The highest BCUT2D eigenvalue weighted by atomic mass is 79.9. The van der Waals surface area contributed by atoms with E-state index in [-0.39, 0.29) is 0 Å². The van der Waals surface area contributed by atoms with E-state index >= 15 is 0 Å². The van der Waals surface area contributed by atoms with Gasteiger partial charge in [0.25, 0.3) is 0 Å². The lowest BCUT2D eigenvalue weighted by Crippen LogP contribution is -2.07. The average Bonchev–Trinajstić information content (AvgIpc) is 2.36. The first kappa shape index (κ1) is 13.9. The van der Waals surface area contributed by atoms with Gasteiger partial charge in [0.15, 0.2) is 0 Å². The summed E-state index contributed by atoms with van der Waals surface area (Å²) in [5.74, 6) is 0. The number of nitrogens with two attached hydrogens (primary N) is 1. The van der Waals surface area contributed by atoms with Crippen LogP contribution < -0.4 is 11.1 Å². The minimum Gasteiger partial charge on any atom is -0.397 e. The van der Waals surface area contributed by atoms with Crippen LogP contribution in [0.15, 0.2) is 40.9 Å². The van der Waals surface area contributed by atoms with Crippen LogP contribution in [-0.4, -0.2) is 6.54 Å². The number of anilines is 2. The molecule has 0 heterocycles. The zero-order valence-electron chi connectivity index (χ0n) is 11.3. The highest BCUT2D eigenvalue weighted by molar-refractivity contribution is 9.10. The van der Waals surface area contributed by atoms with Crippen LogP contribution in [0.3, 0.4) is 0 Å². The molecule has 0 aliphatic carbocycles. The second kappa shape index (κ2) is 6.11. The van der Waals surface area contributed by atoms with Crippen LogP contribution in [0.5, 0.6) is 0 Å². The Kier molecular flexibility index (Phi) is 4.48. The molecule has 100 valence electrons. The Morgan fingerprint density at radius 3 is 2.53 bits per heavy atom. The van der Waals surface area contributed by atoms with Crippen molar-refractivity contribution in [2.45, 2.75) is 20.3 Å². The third-order valence-corrected chi connectivity index (χ3v) is 3.81. The Morgan fingerprint density at radius 2 is 1.84 bits per heavy atom. The molecule has 2 rings (SSSR count). The predicted octanol–water partition coefficient (Wildman–Crippen LogP) is 4.30. The quantitative estimate of drug-likeness (QED) is 0.825. The van der Waals surface area contributed by atoms with E-state index in [0.29, 0.717) is 0 Å². The van der Waals surface area contributed by atoms with E-state index in [1.54, 1.807) is 0 Å². The maximum absolute atomic E-state index is 5.95. The molecule has 3 heteroatoms. The predicted molar refractivity (Wildman–Crippen MR) is 86.7 cm³/mol. The summed E-state index contributed by atoms with van der Waals surface area (Å²) in [4.78, 5) is 0. The average molecular weight is 319 g/mol. The van der Waals surface area contributed by atoms with Gasteiger partial charge in [0, 0.05) is 11.0 Å². The van der Waals surface area contributed by atoms with Crippen molar-refractivity contribution in [3.8, 4) is 0 Å². The van der Waals surface area contributed by atoms with Crippen molar-refractivity contribution in [2.24, 2.45) is 0 Å². The van der Waals surface area contributed by atoms with Gasteiger partial charge in [-0.25, -0.2) is 0 Å². The van der Waals surface area contributed by atoms with Crippen LogP contribution in [0.2, 0.25) is 0 Å². The van der Waals surface area contributed by atoms with Crippen molar-refractivity contribution in [3.05, 3.63) is 57.6 Å². The third-order valence-electron chi connectivity index (χ3n) is 3.31. The molecule has 0 amide bonds.